The minimum Gasteiger partial charge on any atom is -0.310 e. The topological polar surface area (TPSA) is 3.24 Å². The van der Waals surface area contributed by atoms with Crippen LogP contribution in [0.15, 0.2) is 212 Å². The minimum absolute atomic E-state index is 0.113. The summed E-state index contributed by atoms with van der Waals surface area (Å²) in [7, 11) is 0. The van der Waals surface area contributed by atoms with Crippen LogP contribution in [0, 0.1) is 0 Å². The van der Waals surface area contributed by atoms with E-state index in [0.29, 0.717) is 0 Å². The average molecular weight is 740 g/mol. The zero-order valence-electron chi connectivity index (χ0n) is 32.7. The number of hydrogen-bond donors (Lipinski definition) is 0. The zero-order chi connectivity index (χ0) is 38.8. The van der Waals surface area contributed by atoms with Crippen LogP contribution in [-0.2, 0) is 5.41 Å². The van der Waals surface area contributed by atoms with Gasteiger partial charge in [-0.05, 0) is 136 Å². The normalized spacial score (nSPS) is 12.8. The highest BCUT2D eigenvalue weighted by atomic mass is 15.1. The van der Waals surface area contributed by atoms with Crippen LogP contribution in [0.5, 0.6) is 0 Å². The van der Waals surface area contributed by atoms with Gasteiger partial charge in [0.1, 0.15) is 0 Å². The van der Waals surface area contributed by atoms with E-state index < -0.39 is 0 Å². The van der Waals surface area contributed by atoms with Gasteiger partial charge in [0, 0.05) is 22.5 Å². The van der Waals surface area contributed by atoms with Crippen molar-refractivity contribution >= 4 is 49.4 Å². The van der Waals surface area contributed by atoms with Gasteiger partial charge in [0.05, 0.1) is 0 Å². The van der Waals surface area contributed by atoms with Crippen LogP contribution >= 0.6 is 0 Å². The second kappa shape index (κ2) is 13.5. The maximum absolute atomic E-state index is 2.49. The third-order valence-corrected chi connectivity index (χ3v) is 12.4. The van der Waals surface area contributed by atoms with E-state index in [1.54, 1.807) is 0 Å². The Labute approximate surface area is 340 Å². The molecule has 10 aromatic carbocycles. The third kappa shape index (κ3) is 5.31. The summed E-state index contributed by atoms with van der Waals surface area (Å²) in [5.41, 5.74) is 16.1. The highest BCUT2D eigenvalue weighted by Gasteiger charge is 2.35. The largest absolute Gasteiger partial charge is 0.310 e. The van der Waals surface area contributed by atoms with Crippen LogP contribution in [0.4, 0.5) is 17.1 Å². The lowest BCUT2D eigenvalue weighted by molar-refractivity contribution is 0.660. The smallest absolute Gasteiger partial charge is 0.0468 e. The highest BCUT2D eigenvalue weighted by Crippen LogP contribution is 2.53. The van der Waals surface area contributed by atoms with Crippen LogP contribution in [-0.4, -0.2) is 0 Å². The van der Waals surface area contributed by atoms with E-state index in [9.17, 15) is 0 Å². The van der Waals surface area contributed by atoms with Gasteiger partial charge in [0.2, 0.25) is 0 Å². The highest BCUT2D eigenvalue weighted by molar-refractivity contribution is 6.33. The molecule has 1 nitrogen and oxygen atoms in total. The van der Waals surface area contributed by atoms with E-state index in [-0.39, 0.29) is 5.41 Å². The number of benzene rings is 10. The van der Waals surface area contributed by atoms with Gasteiger partial charge < -0.3 is 4.90 Å². The summed E-state index contributed by atoms with van der Waals surface area (Å²) in [6, 6.07) is 78.2. The molecular weight excluding hydrogens is 699 g/mol. The summed E-state index contributed by atoms with van der Waals surface area (Å²) >= 11 is 0. The summed E-state index contributed by atoms with van der Waals surface area (Å²) in [4.78, 5) is 2.37. The second-order valence-electron chi connectivity index (χ2n) is 16.0. The SMILES string of the molecule is CC1(C)c2ccccc2-c2ccc(-c3cc(-c4ccccc4)c(-c4ccccc4)c4c5ccc(N(c6ccccc6)c6ccccc6)cc5c5ccccc5c34)cc21. The van der Waals surface area contributed by atoms with Crippen molar-refractivity contribution in [1.29, 1.82) is 0 Å². The lowest BCUT2D eigenvalue weighted by Crippen LogP contribution is -2.14. The Morgan fingerprint density at radius 1 is 0.310 bits per heavy atom. The second-order valence-corrected chi connectivity index (χ2v) is 16.0. The van der Waals surface area contributed by atoms with Gasteiger partial charge in [-0.15, -0.1) is 0 Å². The molecule has 0 aromatic heterocycles. The molecule has 0 saturated carbocycles. The first-order valence-corrected chi connectivity index (χ1v) is 20.3. The monoisotopic (exact) mass is 739 g/mol. The fourth-order valence-corrected chi connectivity index (χ4v) is 9.73. The molecule has 0 amide bonds. The van der Waals surface area contributed by atoms with Gasteiger partial charge in [-0.25, -0.2) is 0 Å². The van der Waals surface area contributed by atoms with E-state index in [2.05, 4.69) is 231 Å². The molecule has 58 heavy (non-hydrogen) atoms. The van der Waals surface area contributed by atoms with E-state index in [4.69, 9.17) is 0 Å². The van der Waals surface area contributed by atoms with Crippen molar-refractivity contribution in [3.63, 3.8) is 0 Å². The molecule has 1 aliphatic rings. The Kier molecular flexibility index (Phi) is 7.91. The van der Waals surface area contributed by atoms with Crippen LogP contribution < -0.4 is 4.90 Å². The first-order valence-electron chi connectivity index (χ1n) is 20.3. The lowest BCUT2D eigenvalue weighted by atomic mass is 9.79. The molecule has 10 aromatic rings. The fourth-order valence-electron chi connectivity index (χ4n) is 9.73. The summed E-state index contributed by atoms with van der Waals surface area (Å²) in [6.07, 6.45) is 0. The molecule has 0 N–H and O–H groups in total. The molecule has 274 valence electrons. The maximum atomic E-state index is 2.49. The van der Waals surface area contributed by atoms with Gasteiger partial charge in [-0.3, -0.25) is 0 Å². The molecule has 0 saturated heterocycles. The quantitative estimate of drug-likeness (QED) is 0.154. The first-order chi connectivity index (χ1) is 28.6. The van der Waals surface area contributed by atoms with Gasteiger partial charge >= 0.3 is 0 Å². The Hall–Kier alpha value is -7.22. The molecule has 11 rings (SSSR count). The Morgan fingerprint density at radius 3 is 1.55 bits per heavy atom. The summed E-state index contributed by atoms with van der Waals surface area (Å²) in [5, 5.41) is 7.53. The Balaban J connectivity index is 1.28. The van der Waals surface area contributed by atoms with Crippen molar-refractivity contribution in [2.45, 2.75) is 19.3 Å². The molecule has 0 spiro atoms. The van der Waals surface area contributed by atoms with Crippen LogP contribution in [0.25, 0.3) is 76.8 Å². The molecule has 0 radical (unpaired) electrons. The van der Waals surface area contributed by atoms with Gasteiger partial charge in [0.25, 0.3) is 0 Å². The summed E-state index contributed by atoms with van der Waals surface area (Å²) < 4.78 is 0. The summed E-state index contributed by atoms with van der Waals surface area (Å²) in [5.74, 6) is 0. The van der Waals surface area contributed by atoms with Crippen LogP contribution in [0.2, 0.25) is 0 Å². The number of rotatable bonds is 6. The van der Waals surface area contributed by atoms with Crippen LogP contribution in [0.1, 0.15) is 25.0 Å². The van der Waals surface area contributed by atoms with Crippen molar-refractivity contribution in [2.75, 3.05) is 4.90 Å². The van der Waals surface area contributed by atoms with Crippen molar-refractivity contribution in [3.05, 3.63) is 223 Å². The van der Waals surface area contributed by atoms with E-state index >= 15 is 0 Å². The van der Waals surface area contributed by atoms with E-state index in [1.165, 1.54) is 88.0 Å². The standard InChI is InChI=1S/C57H41N/c1-57(2)52-30-18-17-28-45(52)46-33-31-40(35-53(46)57)50-37-49(38-19-7-3-8-20-38)54(39-21-9-4-10-22-39)56-48-34-32-43(36-51(48)44-27-15-16-29-47(44)55(50)56)58(41-23-11-5-12-24-41)42-25-13-6-14-26-42/h3-37H,1-2H3. The van der Waals surface area contributed by atoms with E-state index in [0.717, 1.165) is 17.1 Å². The number of fused-ring (bicyclic) bond motifs is 9. The predicted octanol–water partition coefficient (Wildman–Crippen LogP) is 15.9. The lowest BCUT2D eigenvalue weighted by Gasteiger charge is -2.27. The summed E-state index contributed by atoms with van der Waals surface area (Å²) in [6.45, 7) is 4.75. The van der Waals surface area contributed by atoms with Crippen molar-refractivity contribution in [2.24, 2.45) is 0 Å². The molecule has 0 unspecified atom stereocenters. The molecule has 0 heterocycles. The molecule has 1 heteroatoms. The van der Waals surface area contributed by atoms with Crippen molar-refractivity contribution < 1.29 is 0 Å². The molecule has 0 fully saturated rings. The fraction of sp³-hybridized carbons (Fsp3) is 0.0526. The van der Waals surface area contributed by atoms with Gasteiger partial charge in [-0.2, -0.15) is 0 Å². The minimum atomic E-state index is -0.113. The van der Waals surface area contributed by atoms with Crippen molar-refractivity contribution in [3.8, 4) is 44.5 Å². The number of hydrogen-bond acceptors (Lipinski definition) is 1. The molecular formula is C57H41N. The number of para-hydroxylation sites is 2. The maximum Gasteiger partial charge on any atom is 0.0468 e. The number of anilines is 3. The van der Waals surface area contributed by atoms with Crippen LogP contribution in [0.3, 0.4) is 0 Å². The zero-order valence-corrected chi connectivity index (χ0v) is 32.7. The van der Waals surface area contributed by atoms with Gasteiger partial charge in [0.15, 0.2) is 0 Å². The van der Waals surface area contributed by atoms with Crippen molar-refractivity contribution in [1.82, 2.24) is 0 Å². The first kappa shape index (κ1) is 34.1. The molecule has 0 aliphatic heterocycles. The van der Waals surface area contributed by atoms with Gasteiger partial charge in [-0.1, -0.05) is 178 Å². The molecule has 0 bridgehead atoms. The number of nitrogens with zero attached hydrogens (tertiary/aromatic N) is 1. The molecule has 1 aliphatic carbocycles. The third-order valence-electron chi connectivity index (χ3n) is 12.4. The Bertz CT molecular complexity index is 3130. The average Bonchev–Trinajstić information content (AvgIpc) is 3.52. The molecule has 0 atom stereocenters. The predicted molar refractivity (Wildman–Crippen MR) is 248 cm³/mol. The van der Waals surface area contributed by atoms with E-state index in [1.807, 2.05) is 0 Å². The Morgan fingerprint density at radius 2 is 0.862 bits per heavy atom.